The SMILES string of the molecule is CC[C@H](C(=O)NC)N(Cc1ccccc1C)C(=O)CCc1ccc(OC)c(OC)c1. The fourth-order valence-corrected chi connectivity index (χ4v) is 3.49. The molecule has 1 N–H and O–H groups in total. The van der Waals surface area contributed by atoms with E-state index in [0.717, 1.165) is 16.7 Å². The normalized spacial score (nSPS) is 11.5. The predicted molar refractivity (Wildman–Crippen MR) is 118 cm³/mol. The van der Waals surface area contributed by atoms with E-state index in [-0.39, 0.29) is 11.8 Å². The van der Waals surface area contributed by atoms with Gasteiger partial charge >= 0.3 is 0 Å². The summed E-state index contributed by atoms with van der Waals surface area (Å²) in [5.41, 5.74) is 3.12. The highest BCUT2D eigenvalue weighted by Crippen LogP contribution is 2.28. The third-order valence-corrected chi connectivity index (χ3v) is 5.31. The average molecular weight is 413 g/mol. The van der Waals surface area contributed by atoms with Gasteiger partial charge in [-0.25, -0.2) is 0 Å². The number of aryl methyl sites for hydroxylation is 2. The summed E-state index contributed by atoms with van der Waals surface area (Å²) >= 11 is 0. The van der Waals surface area contributed by atoms with Crippen LogP contribution in [0.25, 0.3) is 0 Å². The van der Waals surface area contributed by atoms with Gasteiger partial charge in [0.15, 0.2) is 11.5 Å². The first-order valence-corrected chi connectivity index (χ1v) is 10.2. The Bertz CT molecular complexity index is 866. The second kappa shape index (κ2) is 11.2. The molecule has 0 unspecified atom stereocenters. The molecule has 0 fully saturated rings. The van der Waals surface area contributed by atoms with Gasteiger partial charge in [0.25, 0.3) is 0 Å². The highest BCUT2D eigenvalue weighted by Gasteiger charge is 2.28. The van der Waals surface area contributed by atoms with Crippen molar-refractivity contribution < 1.29 is 19.1 Å². The van der Waals surface area contributed by atoms with Crippen molar-refractivity contribution in [3.8, 4) is 11.5 Å². The zero-order chi connectivity index (χ0) is 22.1. The highest BCUT2D eigenvalue weighted by atomic mass is 16.5. The van der Waals surface area contributed by atoms with Crippen LogP contribution in [0, 0.1) is 6.92 Å². The van der Waals surface area contributed by atoms with Crippen LogP contribution in [0.2, 0.25) is 0 Å². The molecule has 162 valence electrons. The van der Waals surface area contributed by atoms with Gasteiger partial charge in [0.05, 0.1) is 14.2 Å². The summed E-state index contributed by atoms with van der Waals surface area (Å²) in [4.78, 5) is 27.4. The van der Waals surface area contributed by atoms with Crippen LogP contribution in [0.1, 0.15) is 36.5 Å². The Morgan fingerprint density at radius 3 is 2.37 bits per heavy atom. The first-order valence-electron chi connectivity index (χ1n) is 10.2. The monoisotopic (exact) mass is 412 g/mol. The minimum Gasteiger partial charge on any atom is -0.493 e. The fraction of sp³-hybridized carbons (Fsp3) is 0.417. The minimum absolute atomic E-state index is 0.0523. The number of benzene rings is 2. The molecular weight excluding hydrogens is 380 g/mol. The molecule has 0 aliphatic rings. The zero-order valence-corrected chi connectivity index (χ0v) is 18.5. The van der Waals surface area contributed by atoms with E-state index in [9.17, 15) is 9.59 Å². The molecule has 2 rings (SSSR count). The molecule has 30 heavy (non-hydrogen) atoms. The van der Waals surface area contributed by atoms with Crippen LogP contribution in [-0.4, -0.2) is 44.0 Å². The van der Waals surface area contributed by atoms with Gasteiger partial charge < -0.3 is 19.7 Å². The van der Waals surface area contributed by atoms with Crippen LogP contribution < -0.4 is 14.8 Å². The quantitative estimate of drug-likeness (QED) is 0.649. The van der Waals surface area contributed by atoms with Crippen molar-refractivity contribution in [3.63, 3.8) is 0 Å². The average Bonchev–Trinajstić information content (AvgIpc) is 2.77. The van der Waals surface area contributed by atoms with Crippen molar-refractivity contribution in [1.82, 2.24) is 10.2 Å². The summed E-state index contributed by atoms with van der Waals surface area (Å²) in [6.07, 6.45) is 1.40. The molecule has 0 heterocycles. The molecule has 0 aliphatic carbocycles. The molecule has 0 aromatic heterocycles. The van der Waals surface area contributed by atoms with Gasteiger partial charge in [-0.1, -0.05) is 37.3 Å². The van der Waals surface area contributed by atoms with E-state index in [4.69, 9.17) is 9.47 Å². The molecule has 1 atom stereocenters. The van der Waals surface area contributed by atoms with Crippen molar-refractivity contribution in [2.75, 3.05) is 21.3 Å². The molecule has 2 aromatic carbocycles. The van der Waals surface area contributed by atoms with Crippen molar-refractivity contribution in [2.24, 2.45) is 0 Å². The van der Waals surface area contributed by atoms with Gasteiger partial charge in [-0.2, -0.15) is 0 Å². The van der Waals surface area contributed by atoms with Crippen LogP contribution in [0.15, 0.2) is 42.5 Å². The molecule has 0 saturated carbocycles. The number of ether oxygens (including phenoxy) is 2. The summed E-state index contributed by atoms with van der Waals surface area (Å²) in [5.74, 6) is 1.09. The van der Waals surface area contributed by atoms with Crippen molar-refractivity contribution in [2.45, 2.75) is 45.7 Å². The molecule has 0 saturated heterocycles. The van der Waals surface area contributed by atoms with Crippen LogP contribution in [0.3, 0.4) is 0 Å². The second-order valence-corrected chi connectivity index (χ2v) is 7.18. The van der Waals surface area contributed by atoms with Crippen molar-refractivity contribution in [3.05, 3.63) is 59.2 Å². The summed E-state index contributed by atoms with van der Waals surface area (Å²) < 4.78 is 10.6. The topological polar surface area (TPSA) is 67.9 Å². The lowest BCUT2D eigenvalue weighted by atomic mass is 10.0. The van der Waals surface area contributed by atoms with E-state index < -0.39 is 6.04 Å². The number of hydrogen-bond acceptors (Lipinski definition) is 4. The number of rotatable bonds is 10. The number of hydrogen-bond donors (Lipinski definition) is 1. The molecule has 0 spiro atoms. The lowest BCUT2D eigenvalue weighted by molar-refractivity contribution is -0.141. The number of nitrogens with one attached hydrogen (secondary N) is 1. The highest BCUT2D eigenvalue weighted by molar-refractivity contribution is 5.87. The van der Waals surface area contributed by atoms with Crippen molar-refractivity contribution >= 4 is 11.8 Å². The summed E-state index contributed by atoms with van der Waals surface area (Å²) in [7, 11) is 4.78. The van der Waals surface area contributed by atoms with Gasteiger partial charge in [0, 0.05) is 20.0 Å². The number of nitrogens with zero attached hydrogens (tertiary/aromatic N) is 1. The van der Waals surface area contributed by atoms with Crippen LogP contribution in [0.4, 0.5) is 0 Å². The molecule has 6 heteroatoms. The number of carbonyl (C=O) groups excluding carboxylic acids is 2. The van der Waals surface area contributed by atoms with Crippen LogP contribution in [0.5, 0.6) is 11.5 Å². The minimum atomic E-state index is -0.507. The fourth-order valence-electron chi connectivity index (χ4n) is 3.49. The second-order valence-electron chi connectivity index (χ2n) is 7.18. The number of methoxy groups -OCH3 is 2. The zero-order valence-electron chi connectivity index (χ0n) is 18.5. The van der Waals surface area contributed by atoms with Crippen LogP contribution >= 0.6 is 0 Å². The van der Waals surface area contributed by atoms with E-state index in [1.807, 2.05) is 56.3 Å². The Kier molecular flexibility index (Phi) is 8.71. The third-order valence-electron chi connectivity index (χ3n) is 5.31. The smallest absolute Gasteiger partial charge is 0.242 e. The van der Waals surface area contributed by atoms with Gasteiger partial charge in [-0.3, -0.25) is 9.59 Å². The predicted octanol–water partition coefficient (Wildman–Crippen LogP) is 3.50. The third kappa shape index (κ3) is 5.75. The first-order chi connectivity index (χ1) is 14.4. The van der Waals surface area contributed by atoms with Gasteiger partial charge in [0.1, 0.15) is 6.04 Å². The Morgan fingerprint density at radius 1 is 1.07 bits per heavy atom. The molecule has 0 bridgehead atoms. The molecule has 0 aliphatic heterocycles. The van der Waals surface area contributed by atoms with E-state index in [1.165, 1.54) is 0 Å². The number of likely N-dealkylation sites (N-methyl/N-ethyl adjacent to an activating group) is 1. The standard InChI is InChI=1S/C24H32N2O4/c1-6-20(24(28)25-3)26(16-19-10-8-7-9-17(19)2)23(27)14-12-18-11-13-21(29-4)22(15-18)30-5/h7-11,13,15,20H,6,12,14,16H2,1-5H3,(H,25,28)/t20-/m1/s1. The van der Waals surface area contributed by atoms with Gasteiger partial charge in [-0.05, 0) is 48.6 Å². The Labute approximate surface area is 179 Å². The van der Waals surface area contributed by atoms with E-state index in [2.05, 4.69) is 5.32 Å². The summed E-state index contributed by atoms with van der Waals surface area (Å²) in [6.45, 7) is 4.35. The summed E-state index contributed by atoms with van der Waals surface area (Å²) in [5, 5.41) is 2.69. The maximum absolute atomic E-state index is 13.2. The van der Waals surface area contributed by atoms with Gasteiger partial charge in [0.2, 0.25) is 11.8 Å². The molecule has 0 radical (unpaired) electrons. The maximum Gasteiger partial charge on any atom is 0.242 e. The Morgan fingerprint density at radius 2 is 1.77 bits per heavy atom. The number of carbonyl (C=O) groups is 2. The van der Waals surface area contributed by atoms with Gasteiger partial charge in [-0.15, -0.1) is 0 Å². The molecule has 6 nitrogen and oxygen atoms in total. The lowest BCUT2D eigenvalue weighted by Crippen LogP contribution is -2.48. The van der Waals surface area contributed by atoms with E-state index in [0.29, 0.717) is 37.3 Å². The molecular formula is C24H32N2O4. The Hall–Kier alpha value is -3.02. The summed E-state index contributed by atoms with van der Waals surface area (Å²) in [6, 6.07) is 13.1. The van der Waals surface area contributed by atoms with E-state index in [1.54, 1.807) is 26.2 Å². The first kappa shape index (κ1) is 23.3. The largest absolute Gasteiger partial charge is 0.493 e. The maximum atomic E-state index is 13.2. The van der Waals surface area contributed by atoms with E-state index >= 15 is 0 Å². The molecule has 2 amide bonds. The van der Waals surface area contributed by atoms with Crippen LogP contribution in [-0.2, 0) is 22.6 Å². The van der Waals surface area contributed by atoms with Crippen molar-refractivity contribution in [1.29, 1.82) is 0 Å². The number of amides is 2. The molecule has 2 aromatic rings. The Balaban J connectivity index is 2.21. The lowest BCUT2D eigenvalue weighted by Gasteiger charge is -2.31.